The summed E-state index contributed by atoms with van der Waals surface area (Å²) in [6, 6.07) is 14.9. The number of methoxy groups -OCH3 is 1. The highest BCUT2D eigenvalue weighted by Gasteiger charge is 2.37. The monoisotopic (exact) mass is 388 g/mol. The van der Waals surface area contributed by atoms with Crippen LogP contribution in [0.25, 0.3) is 0 Å². The fraction of sp³-hybridized carbons (Fsp3) is 0.350. The number of aliphatic hydroxyl groups excluding tert-OH is 1. The van der Waals surface area contributed by atoms with E-state index in [1.165, 1.54) is 16.7 Å². The number of para-hydroxylation sites is 1. The van der Waals surface area contributed by atoms with Gasteiger partial charge in [0, 0.05) is 4.90 Å². The molecule has 2 aromatic rings. The van der Waals surface area contributed by atoms with E-state index in [4.69, 9.17) is 4.74 Å². The van der Waals surface area contributed by atoms with E-state index < -0.39 is 16.0 Å². The van der Waals surface area contributed by atoms with Gasteiger partial charge in [0.1, 0.15) is 11.9 Å². The predicted octanol–water partition coefficient (Wildman–Crippen LogP) is 2.81. The molecular weight excluding hydrogens is 364 g/mol. The van der Waals surface area contributed by atoms with Crippen molar-refractivity contribution in [3.63, 3.8) is 0 Å². The Bertz CT molecular complexity index is 804. The minimum Gasteiger partial charge on any atom is -0.633 e. The molecule has 3 rings (SSSR count). The Morgan fingerprint density at radius 1 is 1.19 bits per heavy atom. The maximum atomic E-state index is 13.1. The minimum absolute atomic E-state index is 0.241. The van der Waals surface area contributed by atoms with Crippen LogP contribution in [0.5, 0.6) is 5.75 Å². The number of thioether (sulfide) groups is 1. The zero-order chi connectivity index (χ0) is 19.6. The molecule has 0 spiro atoms. The summed E-state index contributed by atoms with van der Waals surface area (Å²) in [5.41, 5.74) is 1.58. The fourth-order valence-corrected chi connectivity index (χ4v) is 4.27. The first-order valence-electron chi connectivity index (χ1n) is 8.73. The molecule has 1 aliphatic rings. The van der Waals surface area contributed by atoms with E-state index in [0.29, 0.717) is 0 Å². The van der Waals surface area contributed by atoms with Crippen molar-refractivity contribution in [3.05, 3.63) is 59.3 Å². The topological polar surface area (TPSA) is 72.8 Å². The lowest BCUT2D eigenvalue weighted by atomic mass is 10.1. The van der Waals surface area contributed by atoms with Gasteiger partial charge in [-0.1, -0.05) is 24.3 Å². The van der Waals surface area contributed by atoms with Gasteiger partial charge < -0.3 is 24.6 Å². The van der Waals surface area contributed by atoms with Crippen molar-refractivity contribution >= 4 is 23.4 Å². The number of benzene rings is 2. The van der Waals surface area contributed by atoms with Gasteiger partial charge in [0.25, 0.3) is 5.91 Å². The van der Waals surface area contributed by atoms with Crippen LogP contribution in [0, 0.1) is 5.21 Å². The van der Waals surface area contributed by atoms with Crippen molar-refractivity contribution < 1.29 is 19.3 Å². The normalized spacial score (nSPS) is 20.2. The molecule has 0 radical (unpaired) electrons. The number of aliphatic hydroxyl groups is 1. The van der Waals surface area contributed by atoms with Crippen LogP contribution < -0.4 is 9.64 Å². The molecule has 0 fully saturated rings. The molecular formula is C20H24N2O4S. The molecule has 27 heavy (non-hydrogen) atoms. The Hall–Kier alpha value is -2.06. The summed E-state index contributed by atoms with van der Waals surface area (Å²) in [5.74, 6) is 0.331. The molecule has 0 saturated heterocycles. The summed E-state index contributed by atoms with van der Waals surface area (Å²) in [6.07, 6.45) is -1.21. The van der Waals surface area contributed by atoms with E-state index in [1.54, 1.807) is 21.2 Å². The fourth-order valence-electron chi connectivity index (χ4n) is 3.00. The second-order valence-electron chi connectivity index (χ2n) is 7.01. The number of hydroxylamine groups is 3. The number of carbonyl (C=O) groups is 1. The molecule has 1 amide bonds. The maximum Gasteiger partial charge on any atom is 0.257 e. The number of nitrogens with zero attached hydrogens (tertiary/aromatic N) is 2. The van der Waals surface area contributed by atoms with Crippen LogP contribution in [-0.4, -0.2) is 56.1 Å². The molecule has 2 atom stereocenters. The van der Waals surface area contributed by atoms with Crippen LogP contribution in [0.1, 0.15) is 10.8 Å². The number of amides is 1. The summed E-state index contributed by atoms with van der Waals surface area (Å²) in [7, 11) is 4.68. The number of likely N-dealkylation sites (N-methyl/N-ethyl adjacent to an activating group) is 1. The first kappa shape index (κ1) is 19.7. The average Bonchev–Trinajstić information content (AvgIpc) is 2.75. The van der Waals surface area contributed by atoms with E-state index in [1.807, 2.05) is 48.5 Å². The smallest absolute Gasteiger partial charge is 0.257 e. The van der Waals surface area contributed by atoms with Gasteiger partial charge >= 0.3 is 0 Å². The van der Waals surface area contributed by atoms with Crippen LogP contribution >= 0.6 is 11.8 Å². The quantitative estimate of drug-likeness (QED) is 0.630. The Kier molecular flexibility index (Phi) is 5.76. The predicted molar refractivity (Wildman–Crippen MR) is 107 cm³/mol. The van der Waals surface area contributed by atoms with E-state index in [-0.39, 0.29) is 19.0 Å². The largest absolute Gasteiger partial charge is 0.633 e. The highest BCUT2D eigenvalue weighted by Crippen LogP contribution is 2.45. The molecule has 1 heterocycles. The van der Waals surface area contributed by atoms with Gasteiger partial charge in [-0.3, -0.25) is 4.79 Å². The summed E-state index contributed by atoms with van der Waals surface area (Å²) >= 11 is 1.46. The standard InChI is InChI=1S/C20H24N2O4S/c1-22(2,25)13-12-21-16-6-4-5-7-17(16)27-19(18(23)20(21)24)14-8-10-15(26-3)11-9-14/h4-11,18-19,23H,12-13H2,1-3H3/t18-,19+/m1/s1. The number of rotatable bonds is 5. The lowest BCUT2D eigenvalue weighted by Crippen LogP contribution is -2.46. The van der Waals surface area contributed by atoms with Gasteiger partial charge in [0.2, 0.25) is 0 Å². The maximum absolute atomic E-state index is 13.1. The van der Waals surface area contributed by atoms with Gasteiger partial charge in [-0.05, 0) is 29.8 Å². The summed E-state index contributed by atoms with van der Waals surface area (Å²) in [5, 5.41) is 22.4. The molecule has 6 nitrogen and oxygen atoms in total. The van der Waals surface area contributed by atoms with E-state index in [2.05, 4.69) is 0 Å². The van der Waals surface area contributed by atoms with Crippen molar-refractivity contribution in [2.75, 3.05) is 39.2 Å². The third kappa shape index (κ3) is 4.44. The Labute approximate surface area is 163 Å². The van der Waals surface area contributed by atoms with Gasteiger partial charge in [-0.25, -0.2) is 0 Å². The zero-order valence-corrected chi connectivity index (χ0v) is 16.5. The Morgan fingerprint density at radius 3 is 2.48 bits per heavy atom. The van der Waals surface area contributed by atoms with Crippen LogP contribution in [0.2, 0.25) is 0 Å². The number of hydrogen-bond donors (Lipinski definition) is 1. The molecule has 2 aromatic carbocycles. The summed E-state index contributed by atoms with van der Waals surface area (Å²) in [6.45, 7) is 0.490. The number of hydrogen-bond acceptors (Lipinski definition) is 5. The molecule has 0 aliphatic carbocycles. The van der Waals surface area contributed by atoms with Crippen molar-refractivity contribution in [3.8, 4) is 5.75 Å². The second-order valence-corrected chi connectivity index (χ2v) is 8.19. The van der Waals surface area contributed by atoms with Crippen molar-refractivity contribution in [2.45, 2.75) is 16.2 Å². The van der Waals surface area contributed by atoms with Gasteiger partial charge in [-0.15, -0.1) is 11.8 Å². The molecule has 0 saturated carbocycles. The number of quaternary nitrogens is 1. The summed E-state index contributed by atoms with van der Waals surface area (Å²) in [4.78, 5) is 15.5. The van der Waals surface area contributed by atoms with Gasteiger partial charge in [-0.2, -0.15) is 0 Å². The molecule has 0 bridgehead atoms. The van der Waals surface area contributed by atoms with Gasteiger partial charge in [0.05, 0.1) is 45.2 Å². The first-order valence-corrected chi connectivity index (χ1v) is 9.61. The number of anilines is 1. The average molecular weight is 388 g/mol. The number of fused-ring (bicyclic) bond motifs is 1. The zero-order valence-electron chi connectivity index (χ0n) is 15.7. The van der Waals surface area contributed by atoms with Gasteiger partial charge in [0.15, 0.2) is 0 Å². The van der Waals surface area contributed by atoms with Crippen LogP contribution in [0.3, 0.4) is 0 Å². The van der Waals surface area contributed by atoms with Crippen LogP contribution in [0.4, 0.5) is 5.69 Å². The van der Waals surface area contributed by atoms with Crippen molar-refractivity contribution in [1.82, 2.24) is 0 Å². The lowest BCUT2D eigenvalue weighted by Gasteiger charge is -2.36. The number of ether oxygens (including phenoxy) is 1. The third-order valence-electron chi connectivity index (χ3n) is 4.52. The summed E-state index contributed by atoms with van der Waals surface area (Å²) < 4.78 is 4.69. The van der Waals surface area contributed by atoms with E-state index in [9.17, 15) is 15.1 Å². The van der Waals surface area contributed by atoms with Crippen LogP contribution in [0.15, 0.2) is 53.4 Å². The van der Waals surface area contributed by atoms with E-state index >= 15 is 0 Å². The highest BCUT2D eigenvalue weighted by atomic mass is 32.2. The minimum atomic E-state index is -1.21. The number of carbonyl (C=O) groups excluding carboxylic acids is 1. The van der Waals surface area contributed by atoms with Crippen molar-refractivity contribution in [2.24, 2.45) is 0 Å². The Morgan fingerprint density at radius 2 is 1.85 bits per heavy atom. The molecule has 0 unspecified atom stereocenters. The molecule has 7 heteroatoms. The Balaban J connectivity index is 1.96. The lowest BCUT2D eigenvalue weighted by molar-refractivity contribution is -0.838. The molecule has 0 aromatic heterocycles. The highest BCUT2D eigenvalue weighted by molar-refractivity contribution is 7.99. The third-order valence-corrected chi connectivity index (χ3v) is 5.91. The van der Waals surface area contributed by atoms with Crippen LogP contribution in [-0.2, 0) is 4.79 Å². The molecule has 144 valence electrons. The second kappa shape index (κ2) is 7.90. The molecule has 1 aliphatic heterocycles. The first-order chi connectivity index (χ1) is 12.8. The molecule has 1 N–H and O–H groups in total. The SMILES string of the molecule is COc1ccc([C@@H]2Sc3ccccc3N(CC[N+](C)(C)[O-])C(=O)[C@@H]2O)cc1. The van der Waals surface area contributed by atoms with Crippen molar-refractivity contribution in [1.29, 1.82) is 0 Å². The van der Waals surface area contributed by atoms with E-state index in [0.717, 1.165) is 21.9 Å².